The van der Waals surface area contributed by atoms with Gasteiger partial charge in [0.15, 0.2) is 0 Å². The van der Waals surface area contributed by atoms with Crippen molar-refractivity contribution < 1.29 is 4.79 Å². The van der Waals surface area contributed by atoms with E-state index in [0.717, 1.165) is 17.7 Å². The number of carbonyl (C=O) groups excluding carboxylic acids is 1. The maximum atomic E-state index is 12.5. The molecule has 3 heteroatoms. The molecule has 1 rings (SSSR count). The molecule has 0 aliphatic rings. The van der Waals surface area contributed by atoms with Gasteiger partial charge in [0.25, 0.3) is 0 Å². The summed E-state index contributed by atoms with van der Waals surface area (Å²) in [5.41, 5.74) is 7.29. The fourth-order valence-electron chi connectivity index (χ4n) is 1.77. The Hall–Kier alpha value is -1.35. The molecule has 3 nitrogen and oxygen atoms in total. The molecule has 1 aromatic carbocycles. The van der Waals surface area contributed by atoms with Crippen LogP contribution in [0.2, 0.25) is 0 Å². The molecule has 0 bridgehead atoms. The molecule has 0 fully saturated rings. The minimum Gasteiger partial charge on any atom is -0.326 e. The number of amides is 1. The molecule has 1 aromatic rings. The van der Waals surface area contributed by atoms with Gasteiger partial charge < -0.3 is 10.6 Å². The molecule has 0 heterocycles. The Morgan fingerprint density at radius 2 is 1.78 bits per heavy atom. The van der Waals surface area contributed by atoms with Crippen LogP contribution in [0.3, 0.4) is 0 Å². The van der Waals surface area contributed by atoms with E-state index in [1.165, 1.54) is 0 Å². The van der Waals surface area contributed by atoms with Crippen LogP contribution in [0.1, 0.15) is 39.7 Å². The zero-order valence-electron chi connectivity index (χ0n) is 11.9. The first kappa shape index (κ1) is 14.7. The summed E-state index contributed by atoms with van der Waals surface area (Å²) < 4.78 is 0. The summed E-state index contributed by atoms with van der Waals surface area (Å²) in [6, 6.07) is 7.89. The molecule has 0 atom stereocenters. The van der Waals surface area contributed by atoms with Gasteiger partial charge in [0.2, 0.25) is 5.91 Å². The summed E-state index contributed by atoms with van der Waals surface area (Å²) in [4.78, 5) is 14.3. The number of carbonyl (C=O) groups is 1. The van der Waals surface area contributed by atoms with Crippen molar-refractivity contribution in [2.75, 3.05) is 11.4 Å². The molecule has 0 spiro atoms. The SMILES string of the molecule is CCN(C(=O)C(C)(C)CC)c1ccc(CN)cc1. The number of rotatable bonds is 5. The molecule has 0 radical (unpaired) electrons. The van der Waals surface area contributed by atoms with Gasteiger partial charge in [-0.2, -0.15) is 0 Å². The number of benzene rings is 1. The highest BCUT2D eigenvalue weighted by atomic mass is 16.2. The van der Waals surface area contributed by atoms with E-state index in [-0.39, 0.29) is 11.3 Å². The average Bonchev–Trinajstić information content (AvgIpc) is 2.40. The smallest absolute Gasteiger partial charge is 0.232 e. The van der Waals surface area contributed by atoms with Gasteiger partial charge in [-0.25, -0.2) is 0 Å². The number of hydrogen-bond donors (Lipinski definition) is 1. The third kappa shape index (κ3) is 3.10. The number of hydrogen-bond acceptors (Lipinski definition) is 2. The van der Waals surface area contributed by atoms with Crippen LogP contribution in [0.4, 0.5) is 5.69 Å². The van der Waals surface area contributed by atoms with E-state index in [1.807, 2.05) is 56.9 Å². The summed E-state index contributed by atoms with van der Waals surface area (Å²) in [5.74, 6) is 0.174. The predicted octanol–water partition coefficient (Wildman–Crippen LogP) is 2.93. The van der Waals surface area contributed by atoms with Gasteiger partial charge in [0, 0.05) is 24.2 Å². The van der Waals surface area contributed by atoms with Crippen molar-refractivity contribution in [2.24, 2.45) is 11.1 Å². The first-order valence-corrected chi connectivity index (χ1v) is 6.57. The summed E-state index contributed by atoms with van der Waals surface area (Å²) in [6.07, 6.45) is 0.837. The molecular weight excluding hydrogens is 224 g/mol. The molecule has 0 aromatic heterocycles. The third-order valence-corrected chi connectivity index (χ3v) is 3.51. The topological polar surface area (TPSA) is 46.3 Å². The molecule has 0 aliphatic heterocycles. The Kier molecular flexibility index (Phi) is 4.91. The zero-order valence-corrected chi connectivity index (χ0v) is 11.9. The minimum atomic E-state index is -0.317. The van der Waals surface area contributed by atoms with Crippen LogP contribution in [-0.2, 0) is 11.3 Å². The molecule has 2 N–H and O–H groups in total. The Morgan fingerprint density at radius 1 is 1.22 bits per heavy atom. The van der Waals surface area contributed by atoms with Crippen molar-refractivity contribution in [1.82, 2.24) is 0 Å². The number of nitrogens with two attached hydrogens (primary N) is 1. The largest absolute Gasteiger partial charge is 0.326 e. The van der Waals surface area contributed by atoms with Gasteiger partial charge in [0.1, 0.15) is 0 Å². The monoisotopic (exact) mass is 248 g/mol. The summed E-state index contributed by atoms with van der Waals surface area (Å²) >= 11 is 0. The lowest BCUT2D eigenvalue weighted by Gasteiger charge is -2.30. The van der Waals surface area contributed by atoms with Crippen LogP contribution in [0.5, 0.6) is 0 Å². The molecular formula is C15H24N2O. The van der Waals surface area contributed by atoms with Crippen LogP contribution in [0.15, 0.2) is 24.3 Å². The Bertz CT molecular complexity index is 395. The second kappa shape index (κ2) is 6.01. The van der Waals surface area contributed by atoms with Crippen molar-refractivity contribution in [2.45, 2.75) is 40.7 Å². The zero-order chi connectivity index (χ0) is 13.8. The maximum absolute atomic E-state index is 12.5. The van der Waals surface area contributed by atoms with Crippen LogP contribution in [0, 0.1) is 5.41 Å². The van der Waals surface area contributed by atoms with E-state index in [2.05, 4.69) is 0 Å². The molecule has 0 unspecified atom stereocenters. The standard InChI is InChI=1S/C15H24N2O/c1-5-15(3,4)14(18)17(6-2)13-9-7-12(11-16)8-10-13/h7-10H,5-6,11,16H2,1-4H3. The van der Waals surface area contributed by atoms with E-state index in [0.29, 0.717) is 13.1 Å². The first-order valence-electron chi connectivity index (χ1n) is 6.57. The lowest BCUT2D eigenvalue weighted by molar-refractivity contribution is -0.126. The minimum absolute atomic E-state index is 0.174. The molecule has 1 amide bonds. The van der Waals surface area contributed by atoms with Gasteiger partial charge >= 0.3 is 0 Å². The second-order valence-electron chi connectivity index (χ2n) is 5.16. The van der Waals surface area contributed by atoms with Gasteiger partial charge in [-0.3, -0.25) is 4.79 Å². The summed E-state index contributed by atoms with van der Waals surface area (Å²) in [7, 11) is 0. The van der Waals surface area contributed by atoms with Gasteiger partial charge in [-0.15, -0.1) is 0 Å². The molecule has 0 saturated heterocycles. The van der Waals surface area contributed by atoms with E-state index < -0.39 is 0 Å². The van der Waals surface area contributed by atoms with Crippen LogP contribution in [-0.4, -0.2) is 12.5 Å². The highest BCUT2D eigenvalue weighted by Crippen LogP contribution is 2.26. The van der Waals surface area contributed by atoms with Crippen LogP contribution >= 0.6 is 0 Å². The van der Waals surface area contributed by atoms with Crippen molar-refractivity contribution >= 4 is 11.6 Å². The van der Waals surface area contributed by atoms with Crippen molar-refractivity contribution in [3.05, 3.63) is 29.8 Å². The third-order valence-electron chi connectivity index (χ3n) is 3.51. The van der Waals surface area contributed by atoms with E-state index >= 15 is 0 Å². The average molecular weight is 248 g/mol. The van der Waals surface area contributed by atoms with E-state index in [1.54, 1.807) is 0 Å². The van der Waals surface area contributed by atoms with E-state index in [4.69, 9.17) is 5.73 Å². The quantitative estimate of drug-likeness (QED) is 0.871. The normalized spacial score (nSPS) is 11.4. The van der Waals surface area contributed by atoms with Crippen LogP contribution in [0.25, 0.3) is 0 Å². The van der Waals surface area contributed by atoms with Crippen molar-refractivity contribution in [3.63, 3.8) is 0 Å². The maximum Gasteiger partial charge on any atom is 0.232 e. The first-order chi connectivity index (χ1) is 8.46. The lowest BCUT2D eigenvalue weighted by Crippen LogP contribution is -2.40. The lowest BCUT2D eigenvalue weighted by atomic mass is 9.88. The molecule has 0 saturated carbocycles. The van der Waals surface area contributed by atoms with Gasteiger partial charge in [-0.1, -0.05) is 32.9 Å². The second-order valence-corrected chi connectivity index (χ2v) is 5.16. The molecule has 100 valence electrons. The molecule has 0 aliphatic carbocycles. The highest BCUT2D eigenvalue weighted by molar-refractivity contribution is 5.97. The highest BCUT2D eigenvalue weighted by Gasteiger charge is 2.30. The fourth-order valence-corrected chi connectivity index (χ4v) is 1.77. The number of anilines is 1. The van der Waals surface area contributed by atoms with Crippen LogP contribution < -0.4 is 10.6 Å². The van der Waals surface area contributed by atoms with Crippen molar-refractivity contribution in [3.8, 4) is 0 Å². The summed E-state index contributed by atoms with van der Waals surface area (Å²) in [5, 5.41) is 0. The number of nitrogens with zero attached hydrogens (tertiary/aromatic N) is 1. The molecule has 18 heavy (non-hydrogen) atoms. The van der Waals surface area contributed by atoms with Crippen molar-refractivity contribution in [1.29, 1.82) is 0 Å². The Labute approximate surface area is 110 Å². The summed E-state index contributed by atoms with van der Waals surface area (Å²) in [6.45, 7) is 9.24. The Balaban J connectivity index is 2.98. The van der Waals surface area contributed by atoms with E-state index in [9.17, 15) is 4.79 Å². The Morgan fingerprint density at radius 3 is 2.17 bits per heavy atom. The van der Waals surface area contributed by atoms with Gasteiger partial charge in [0.05, 0.1) is 0 Å². The fraction of sp³-hybridized carbons (Fsp3) is 0.533. The van der Waals surface area contributed by atoms with Gasteiger partial charge in [-0.05, 0) is 31.0 Å². The predicted molar refractivity (Wildman–Crippen MR) is 76.4 cm³/mol.